The van der Waals surface area contributed by atoms with Crippen LogP contribution in [-0.4, -0.2) is 40.9 Å². The number of hydrogen-bond acceptors (Lipinski definition) is 5. The van der Waals surface area contributed by atoms with Crippen molar-refractivity contribution in [3.63, 3.8) is 0 Å². The van der Waals surface area contributed by atoms with Gasteiger partial charge in [0.05, 0.1) is 23.1 Å². The van der Waals surface area contributed by atoms with Crippen LogP contribution in [0.3, 0.4) is 0 Å². The summed E-state index contributed by atoms with van der Waals surface area (Å²) in [4.78, 5) is 0.127. The minimum Gasteiger partial charge on any atom is -0.378 e. The Morgan fingerprint density at radius 2 is 2.15 bits per heavy atom. The van der Waals surface area contributed by atoms with E-state index in [1.165, 1.54) is 24.3 Å². The van der Waals surface area contributed by atoms with Gasteiger partial charge in [-0.3, -0.25) is 0 Å². The molecule has 6 nitrogen and oxygen atoms in total. The Kier molecular flexibility index (Phi) is 4.40. The predicted molar refractivity (Wildman–Crippen MR) is 71.5 cm³/mol. The first kappa shape index (κ1) is 14.9. The van der Waals surface area contributed by atoms with Crippen molar-refractivity contribution >= 4 is 10.0 Å². The van der Waals surface area contributed by atoms with E-state index in [0.29, 0.717) is 25.2 Å². The highest BCUT2D eigenvalue weighted by Crippen LogP contribution is 2.22. The van der Waals surface area contributed by atoms with E-state index >= 15 is 0 Å². The molecule has 20 heavy (non-hydrogen) atoms. The Balaban J connectivity index is 2.09. The third-order valence-corrected chi connectivity index (χ3v) is 4.80. The van der Waals surface area contributed by atoms with E-state index < -0.39 is 15.6 Å². The molecule has 0 spiro atoms. The molecule has 1 aliphatic rings. The fraction of sp³-hybridized carbons (Fsp3) is 0.462. The normalized spacial score (nSPS) is 22.6. The van der Waals surface area contributed by atoms with Gasteiger partial charge in [0, 0.05) is 26.7 Å². The average Bonchev–Trinajstić information content (AvgIpc) is 2.95. The summed E-state index contributed by atoms with van der Waals surface area (Å²) < 4.78 is 37.5. The lowest BCUT2D eigenvalue weighted by Gasteiger charge is -2.25. The van der Waals surface area contributed by atoms with Crippen LogP contribution >= 0.6 is 0 Å². The number of ether oxygens (including phenoxy) is 2. The Morgan fingerprint density at radius 3 is 2.65 bits per heavy atom. The van der Waals surface area contributed by atoms with Crippen LogP contribution in [0.25, 0.3) is 0 Å². The molecule has 1 unspecified atom stereocenters. The number of benzene rings is 1. The van der Waals surface area contributed by atoms with E-state index in [2.05, 4.69) is 4.72 Å². The van der Waals surface area contributed by atoms with Crippen molar-refractivity contribution in [1.82, 2.24) is 4.72 Å². The summed E-state index contributed by atoms with van der Waals surface area (Å²) in [7, 11) is -2.07. The molecule has 1 aromatic rings. The SMILES string of the molecule is COC1(CNS(=O)(=O)c2ccc(C#N)cc2)CCOC1. The summed E-state index contributed by atoms with van der Waals surface area (Å²) in [5, 5.41) is 8.70. The second-order valence-corrected chi connectivity index (χ2v) is 6.42. The lowest BCUT2D eigenvalue weighted by atomic mass is 10.0. The van der Waals surface area contributed by atoms with Gasteiger partial charge in [0.1, 0.15) is 5.60 Å². The molecule has 7 heteroatoms. The Morgan fingerprint density at radius 1 is 1.45 bits per heavy atom. The zero-order valence-corrected chi connectivity index (χ0v) is 11.9. The summed E-state index contributed by atoms with van der Waals surface area (Å²) in [6.07, 6.45) is 0.652. The molecule has 2 rings (SSSR count). The van der Waals surface area contributed by atoms with Gasteiger partial charge in [-0.05, 0) is 24.3 Å². The van der Waals surface area contributed by atoms with E-state index in [4.69, 9.17) is 14.7 Å². The summed E-state index contributed by atoms with van der Waals surface area (Å²) in [6, 6.07) is 7.71. The Hall–Kier alpha value is -1.46. The van der Waals surface area contributed by atoms with Crippen LogP contribution in [0, 0.1) is 11.3 Å². The lowest BCUT2D eigenvalue weighted by Crippen LogP contribution is -2.44. The highest BCUT2D eigenvalue weighted by atomic mass is 32.2. The predicted octanol–water partition coefficient (Wildman–Crippen LogP) is 0.642. The third kappa shape index (κ3) is 3.16. The molecule has 1 fully saturated rings. The fourth-order valence-electron chi connectivity index (χ4n) is 1.98. The maximum Gasteiger partial charge on any atom is 0.240 e. The number of nitrogens with one attached hydrogen (secondary N) is 1. The first-order valence-electron chi connectivity index (χ1n) is 6.14. The summed E-state index contributed by atoms with van der Waals surface area (Å²) in [6.45, 7) is 1.09. The molecule has 1 N–H and O–H groups in total. The molecular weight excluding hydrogens is 280 g/mol. The Labute approximate surface area is 118 Å². The number of sulfonamides is 1. The van der Waals surface area contributed by atoms with Gasteiger partial charge in [0.2, 0.25) is 10.0 Å². The van der Waals surface area contributed by atoms with E-state index in [9.17, 15) is 8.42 Å². The van der Waals surface area contributed by atoms with Crippen LogP contribution < -0.4 is 4.72 Å². The number of methoxy groups -OCH3 is 1. The van der Waals surface area contributed by atoms with Gasteiger partial charge in [0.15, 0.2) is 0 Å². The second kappa shape index (κ2) is 5.89. The van der Waals surface area contributed by atoms with Crippen molar-refractivity contribution in [2.45, 2.75) is 16.9 Å². The third-order valence-electron chi connectivity index (χ3n) is 3.38. The summed E-state index contributed by atoms with van der Waals surface area (Å²) in [5.74, 6) is 0. The van der Waals surface area contributed by atoms with E-state index in [1.807, 2.05) is 6.07 Å². The molecule has 1 heterocycles. The highest BCUT2D eigenvalue weighted by molar-refractivity contribution is 7.89. The van der Waals surface area contributed by atoms with Crippen LogP contribution in [0.15, 0.2) is 29.2 Å². The first-order chi connectivity index (χ1) is 9.51. The summed E-state index contributed by atoms with van der Waals surface area (Å²) >= 11 is 0. The molecule has 1 saturated heterocycles. The number of nitrogens with zero attached hydrogens (tertiary/aromatic N) is 1. The molecule has 0 radical (unpaired) electrons. The molecule has 0 aliphatic carbocycles. The summed E-state index contributed by atoms with van der Waals surface area (Å²) in [5.41, 5.74) is -0.179. The molecule has 0 amide bonds. The molecule has 0 aromatic heterocycles. The smallest absolute Gasteiger partial charge is 0.240 e. The van der Waals surface area contributed by atoms with Gasteiger partial charge in [-0.25, -0.2) is 13.1 Å². The van der Waals surface area contributed by atoms with Gasteiger partial charge < -0.3 is 9.47 Å². The van der Waals surface area contributed by atoms with Crippen LogP contribution in [0.5, 0.6) is 0 Å². The van der Waals surface area contributed by atoms with E-state index in [-0.39, 0.29) is 11.4 Å². The molecule has 1 aromatic carbocycles. The van der Waals surface area contributed by atoms with Crippen molar-refractivity contribution in [3.05, 3.63) is 29.8 Å². The molecule has 1 atom stereocenters. The van der Waals surface area contributed by atoms with E-state index in [1.54, 1.807) is 7.11 Å². The first-order valence-corrected chi connectivity index (χ1v) is 7.62. The fourth-order valence-corrected chi connectivity index (χ4v) is 3.09. The zero-order valence-electron chi connectivity index (χ0n) is 11.1. The van der Waals surface area contributed by atoms with Crippen LogP contribution in [0.2, 0.25) is 0 Å². The van der Waals surface area contributed by atoms with Crippen molar-refractivity contribution < 1.29 is 17.9 Å². The molecule has 108 valence electrons. The van der Waals surface area contributed by atoms with Crippen LogP contribution in [0.1, 0.15) is 12.0 Å². The highest BCUT2D eigenvalue weighted by Gasteiger charge is 2.36. The minimum atomic E-state index is -3.62. The van der Waals surface area contributed by atoms with Crippen molar-refractivity contribution in [3.8, 4) is 6.07 Å². The van der Waals surface area contributed by atoms with Gasteiger partial charge in [-0.1, -0.05) is 0 Å². The van der Waals surface area contributed by atoms with Gasteiger partial charge >= 0.3 is 0 Å². The van der Waals surface area contributed by atoms with Crippen LogP contribution in [0.4, 0.5) is 0 Å². The minimum absolute atomic E-state index is 0.127. The topological polar surface area (TPSA) is 88.4 Å². The van der Waals surface area contributed by atoms with Gasteiger partial charge in [-0.2, -0.15) is 5.26 Å². The number of rotatable bonds is 5. The second-order valence-electron chi connectivity index (χ2n) is 4.65. The number of nitriles is 1. The maximum atomic E-state index is 12.2. The van der Waals surface area contributed by atoms with Crippen molar-refractivity contribution in [1.29, 1.82) is 5.26 Å². The average molecular weight is 296 g/mol. The number of hydrogen-bond donors (Lipinski definition) is 1. The maximum absolute atomic E-state index is 12.2. The monoisotopic (exact) mass is 296 g/mol. The molecule has 0 saturated carbocycles. The van der Waals surface area contributed by atoms with E-state index in [0.717, 1.165) is 0 Å². The molecular formula is C13H16N2O4S. The Bertz CT molecular complexity index is 598. The quantitative estimate of drug-likeness (QED) is 0.861. The molecule has 1 aliphatic heterocycles. The van der Waals surface area contributed by atoms with Gasteiger partial charge in [0.25, 0.3) is 0 Å². The van der Waals surface area contributed by atoms with Crippen molar-refractivity contribution in [2.75, 3.05) is 26.9 Å². The largest absolute Gasteiger partial charge is 0.378 e. The van der Waals surface area contributed by atoms with Crippen molar-refractivity contribution in [2.24, 2.45) is 0 Å². The van der Waals surface area contributed by atoms with Gasteiger partial charge in [-0.15, -0.1) is 0 Å². The zero-order chi connectivity index (χ0) is 14.6. The van der Waals surface area contributed by atoms with Crippen LogP contribution in [-0.2, 0) is 19.5 Å². The molecule has 0 bridgehead atoms. The lowest BCUT2D eigenvalue weighted by molar-refractivity contribution is -0.0120. The standard InChI is InChI=1S/C13H16N2O4S/c1-18-13(6-7-19-10-13)9-15-20(16,17)12-4-2-11(8-14)3-5-12/h2-5,15H,6-7,9-10H2,1H3.